The van der Waals surface area contributed by atoms with Gasteiger partial charge in [-0.05, 0) is 67.8 Å². The summed E-state index contributed by atoms with van der Waals surface area (Å²) in [5, 5.41) is 0. The fourth-order valence-electron chi connectivity index (χ4n) is 4.64. The number of amides is 1. The predicted octanol–water partition coefficient (Wildman–Crippen LogP) is 4.27. The van der Waals surface area contributed by atoms with Crippen molar-refractivity contribution >= 4 is 5.91 Å². The van der Waals surface area contributed by atoms with Gasteiger partial charge in [-0.3, -0.25) is 9.69 Å². The van der Waals surface area contributed by atoms with E-state index in [2.05, 4.69) is 34.1 Å². The van der Waals surface area contributed by atoms with Gasteiger partial charge in [0, 0.05) is 19.6 Å². The van der Waals surface area contributed by atoms with E-state index in [4.69, 9.17) is 0 Å². The molecule has 3 nitrogen and oxygen atoms in total. The van der Waals surface area contributed by atoms with Crippen LogP contribution in [0.15, 0.2) is 54.6 Å². The molecule has 4 heteroatoms. The lowest BCUT2D eigenvalue weighted by Gasteiger charge is -2.35. The van der Waals surface area contributed by atoms with Crippen LogP contribution in [0.3, 0.4) is 0 Å². The second kappa shape index (κ2) is 8.87. The minimum atomic E-state index is -0.180. The van der Waals surface area contributed by atoms with Crippen molar-refractivity contribution in [1.82, 2.24) is 9.80 Å². The largest absolute Gasteiger partial charge is 0.341 e. The van der Waals surface area contributed by atoms with Crippen molar-refractivity contribution in [3.63, 3.8) is 0 Å². The lowest BCUT2D eigenvalue weighted by molar-refractivity contribution is -0.137. The topological polar surface area (TPSA) is 23.6 Å². The molecule has 1 unspecified atom stereocenters. The number of nitrogens with zero attached hydrogens (tertiary/aromatic N) is 2. The minimum Gasteiger partial charge on any atom is -0.341 e. The number of carbonyl (C=O) groups excluding carboxylic acids is 1. The Labute approximate surface area is 167 Å². The highest BCUT2D eigenvalue weighted by molar-refractivity contribution is 5.82. The van der Waals surface area contributed by atoms with Crippen LogP contribution < -0.4 is 0 Å². The fraction of sp³-hybridized carbons (Fsp3) is 0.458. The van der Waals surface area contributed by atoms with Crippen molar-refractivity contribution in [2.24, 2.45) is 5.92 Å². The summed E-state index contributed by atoms with van der Waals surface area (Å²) in [5.41, 5.74) is 2.47. The normalized spacial score (nSPS) is 21.2. The molecule has 0 spiro atoms. The van der Waals surface area contributed by atoms with Crippen LogP contribution in [0.25, 0.3) is 0 Å². The number of hydrogen-bond acceptors (Lipinski definition) is 2. The number of rotatable bonds is 5. The van der Waals surface area contributed by atoms with E-state index in [1.54, 1.807) is 0 Å². The van der Waals surface area contributed by atoms with Crippen molar-refractivity contribution in [2.45, 2.75) is 44.7 Å². The van der Waals surface area contributed by atoms with Crippen molar-refractivity contribution < 1.29 is 9.18 Å². The molecule has 1 amide bonds. The molecule has 2 aromatic carbocycles. The van der Waals surface area contributed by atoms with Crippen LogP contribution in [-0.4, -0.2) is 41.4 Å². The molecule has 0 saturated carbocycles. The first-order valence-electron chi connectivity index (χ1n) is 10.5. The van der Waals surface area contributed by atoms with Crippen molar-refractivity contribution in [1.29, 1.82) is 0 Å². The molecule has 2 fully saturated rings. The van der Waals surface area contributed by atoms with Gasteiger partial charge in [-0.1, -0.05) is 42.5 Å². The average molecular weight is 381 g/mol. The highest BCUT2D eigenvalue weighted by Gasteiger charge is 2.35. The van der Waals surface area contributed by atoms with Crippen LogP contribution in [0.5, 0.6) is 0 Å². The molecule has 0 aliphatic carbocycles. The van der Waals surface area contributed by atoms with Crippen LogP contribution in [0.4, 0.5) is 4.39 Å². The molecule has 148 valence electrons. The van der Waals surface area contributed by atoms with Crippen molar-refractivity contribution in [3.8, 4) is 0 Å². The van der Waals surface area contributed by atoms with Crippen LogP contribution >= 0.6 is 0 Å². The Kier molecular flexibility index (Phi) is 6.06. The molecule has 2 saturated heterocycles. The third kappa shape index (κ3) is 4.61. The maximum absolute atomic E-state index is 13.1. The Balaban J connectivity index is 1.30. The second-order valence-electron chi connectivity index (χ2n) is 8.21. The molecule has 2 aliphatic heterocycles. The van der Waals surface area contributed by atoms with E-state index in [1.165, 1.54) is 23.3 Å². The quantitative estimate of drug-likeness (QED) is 0.773. The van der Waals surface area contributed by atoms with Gasteiger partial charge in [-0.25, -0.2) is 4.39 Å². The highest BCUT2D eigenvalue weighted by Crippen LogP contribution is 2.26. The van der Waals surface area contributed by atoms with E-state index in [0.717, 1.165) is 58.3 Å². The number of piperidine rings is 1. The maximum Gasteiger partial charge on any atom is 0.239 e. The zero-order valence-corrected chi connectivity index (χ0v) is 16.4. The van der Waals surface area contributed by atoms with Gasteiger partial charge in [0.05, 0.1) is 6.04 Å². The lowest BCUT2D eigenvalue weighted by atomic mass is 9.90. The zero-order valence-electron chi connectivity index (χ0n) is 16.4. The molecule has 2 heterocycles. The van der Waals surface area contributed by atoms with E-state index in [9.17, 15) is 9.18 Å². The molecular weight excluding hydrogens is 351 g/mol. The monoisotopic (exact) mass is 380 g/mol. The molecule has 2 aromatic rings. The molecule has 4 rings (SSSR count). The van der Waals surface area contributed by atoms with E-state index in [-0.39, 0.29) is 11.9 Å². The molecule has 1 atom stereocenters. The van der Waals surface area contributed by atoms with E-state index in [0.29, 0.717) is 11.8 Å². The summed E-state index contributed by atoms with van der Waals surface area (Å²) in [5.74, 6) is 0.716. The van der Waals surface area contributed by atoms with Gasteiger partial charge in [-0.2, -0.15) is 0 Å². The Morgan fingerprint density at radius 2 is 1.61 bits per heavy atom. The Bertz CT molecular complexity index is 769. The third-order valence-corrected chi connectivity index (χ3v) is 6.24. The summed E-state index contributed by atoms with van der Waals surface area (Å²) >= 11 is 0. The van der Waals surface area contributed by atoms with Gasteiger partial charge in [-0.15, -0.1) is 0 Å². The van der Waals surface area contributed by atoms with Crippen LogP contribution in [0.1, 0.15) is 36.8 Å². The maximum atomic E-state index is 13.1. The number of carbonyl (C=O) groups is 1. The minimum absolute atomic E-state index is 0.0360. The summed E-state index contributed by atoms with van der Waals surface area (Å²) in [6.45, 7) is 3.56. The lowest BCUT2D eigenvalue weighted by Crippen LogP contribution is -2.48. The van der Waals surface area contributed by atoms with Crippen LogP contribution in [0.2, 0.25) is 0 Å². The van der Waals surface area contributed by atoms with Gasteiger partial charge in [0.2, 0.25) is 5.91 Å². The Hall–Kier alpha value is -2.20. The van der Waals surface area contributed by atoms with Gasteiger partial charge in [0.1, 0.15) is 5.82 Å². The molecule has 0 radical (unpaired) electrons. The molecule has 0 aromatic heterocycles. The van der Waals surface area contributed by atoms with E-state index in [1.807, 2.05) is 18.2 Å². The van der Waals surface area contributed by atoms with Crippen molar-refractivity contribution in [2.75, 3.05) is 19.6 Å². The van der Waals surface area contributed by atoms with Crippen LogP contribution in [0, 0.1) is 11.7 Å². The molecule has 28 heavy (non-hydrogen) atoms. The average Bonchev–Trinajstić information content (AvgIpc) is 3.18. The van der Waals surface area contributed by atoms with E-state index >= 15 is 0 Å². The Morgan fingerprint density at radius 1 is 0.893 bits per heavy atom. The Morgan fingerprint density at radius 3 is 2.32 bits per heavy atom. The summed E-state index contributed by atoms with van der Waals surface area (Å²) < 4.78 is 13.1. The fourth-order valence-corrected chi connectivity index (χ4v) is 4.64. The molecule has 0 N–H and O–H groups in total. The first kappa shape index (κ1) is 19.1. The van der Waals surface area contributed by atoms with Crippen LogP contribution in [-0.2, 0) is 17.8 Å². The smallest absolute Gasteiger partial charge is 0.239 e. The summed E-state index contributed by atoms with van der Waals surface area (Å²) in [4.78, 5) is 17.6. The van der Waals surface area contributed by atoms with E-state index < -0.39 is 0 Å². The molecular formula is C24H29FN2O. The molecule has 0 bridgehead atoms. The highest BCUT2D eigenvalue weighted by atomic mass is 19.1. The second-order valence-corrected chi connectivity index (χ2v) is 8.21. The van der Waals surface area contributed by atoms with Gasteiger partial charge in [0.15, 0.2) is 0 Å². The number of likely N-dealkylation sites (tertiary alicyclic amines) is 2. The third-order valence-electron chi connectivity index (χ3n) is 6.24. The predicted molar refractivity (Wildman–Crippen MR) is 109 cm³/mol. The first-order valence-corrected chi connectivity index (χ1v) is 10.5. The first-order chi connectivity index (χ1) is 13.7. The number of hydrogen-bond donors (Lipinski definition) is 0. The standard InChI is InChI=1S/C24H29FN2O/c25-22-10-8-19(9-11-22)17-20-12-15-26(16-13-20)24(28)23-7-4-14-27(23)18-21-5-2-1-3-6-21/h1-3,5-6,8-11,20,23H,4,7,12-18H2. The van der Waals surface area contributed by atoms with Crippen molar-refractivity contribution in [3.05, 3.63) is 71.5 Å². The van der Waals surface area contributed by atoms with Gasteiger partial charge < -0.3 is 4.90 Å². The summed E-state index contributed by atoms with van der Waals surface area (Å²) in [7, 11) is 0. The number of benzene rings is 2. The van der Waals surface area contributed by atoms with Gasteiger partial charge in [0.25, 0.3) is 0 Å². The van der Waals surface area contributed by atoms with Gasteiger partial charge >= 0.3 is 0 Å². The summed E-state index contributed by atoms with van der Waals surface area (Å²) in [6, 6.07) is 17.3. The molecule has 2 aliphatic rings. The number of halogens is 1. The zero-order chi connectivity index (χ0) is 19.3. The SMILES string of the molecule is O=C(C1CCCN1Cc1ccccc1)N1CCC(Cc2ccc(F)cc2)CC1. The summed E-state index contributed by atoms with van der Waals surface area (Å²) in [6.07, 6.45) is 5.13.